The molecule has 1 heterocycles. The first-order valence-electron chi connectivity index (χ1n) is 9.55. The van der Waals surface area contributed by atoms with Crippen LogP contribution < -0.4 is 5.32 Å². The largest absolute Gasteiger partial charge is 0.506 e. The van der Waals surface area contributed by atoms with E-state index in [1.807, 2.05) is 6.92 Å². The molecular formula is C22H22ClF3N2O2S. The highest BCUT2D eigenvalue weighted by atomic mass is 35.5. The maximum atomic E-state index is 14.2. The minimum atomic E-state index is -4.93. The molecule has 0 fully saturated rings. The number of aryl methyl sites for hydroxylation is 1. The zero-order valence-corrected chi connectivity index (χ0v) is 18.4. The van der Waals surface area contributed by atoms with Gasteiger partial charge in [-0.15, -0.1) is 0 Å². The van der Waals surface area contributed by atoms with Gasteiger partial charge in [0.25, 0.3) is 0 Å². The van der Waals surface area contributed by atoms with E-state index in [4.69, 9.17) is 11.6 Å². The van der Waals surface area contributed by atoms with Gasteiger partial charge in [0.2, 0.25) is 0 Å². The SMILES string of the molecule is CCSCC(O)(C(Nc1cccc2nc(C)ccc12)c1ccc(O)c(Cl)c1)C(F)(F)F. The second kappa shape index (κ2) is 9.14. The van der Waals surface area contributed by atoms with Crippen LogP contribution in [0.4, 0.5) is 18.9 Å². The number of phenols is 1. The highest BCUT2D eigenvalue weighted by Gasteiger charge is 2.59. The van der Waals surface area contributed by atoms with E-state index >= 15 is 0 Å². The average Bonchev–Trinajstić information content (AvgIpc) is 2.71. The van der Waals surface area contributed by atoms with Gasteiger partial charge in [0, 0.05) is 22.5 Å². The standard InChI is InChI=1S/C22H22ClF3N2O2S/c1-3-31-12-21(30,22(24,25)26)20(14-8-10-19(29)16(23)11-14)28-18-6-4-5-17-15(18)9-7-13(2)27-17/h4-11,20,28-30H,3,12H2,1-2H3. The number of pyridine rings is 1. The number of halogens is 4. The lowest BCUT2D eigenvalue weighted by molar-refractivity contribution is -0.256. The summed E-state index contributed by atoms with van der Waals surface area (Å²) < 4.78 is 42.6. The Kier molecular flexibility index (Phi) is 6.93. The molecular weight excluding hydrogens is 449 g/mol. The molecule has 0 bridgehead atoms. The molecule has 2 atom stereocenters. The number of alkyl halides is 3. The summed E-state index contributed by atoms with van der Waals surface area (Å²) in [7, 11) is 0. The number of rotatable bonds is 7. The van der Waals surface area contributed by atoms with E-state index in [-0.39, 0.29) is 16.3 Å². The molecule has 0 aliphatic rings. The van der Waals surface area contributed by atoms with E-state index in [9.17, 15) is 23.4 Å². The van der Waals surface area contributed by atoms with Gasteiger partial charge in [0.05, 0.1) is 16.6 Å². The second-order valence-corrected chi connectivity index (χ2v) is 8.85. The smallest absolute Gasteiger partial charge is 0.420 e. The van der Waals surface area contributed by atoms with Crippen LogP contribution in [0.3, 0.4) is 0 Å². The maximum absolute atomic E-state index is 14.2. The van der Waals surface area contributed by atoms with Crippen LogP contribution in [0.2, 0.25) is 5.02 Å². The predicted octanol–water partition coefficient (Wildman–Crippen LogP) is 6.10. The molecule has 3 rings (SSSR count). The van der Waals surface area contributed by atoms with E-state index in [1.54, 1.807) is 37.3 Å². The molecule has 9 heteroatoms. The van der Waals surface area contributed by atoms with E-state index in [1.165, 1.54) is 18.2 Å². The molecule has 4 nitrogen and oxygen atoms in total. The molecule has 2 unspecified atom stereocenters. The third kappa shape index (κ3) is 4.86. The van der Waals surface area contributed by atoms with Crippen molar-refractivity contribution in [3.05, 3.63) is 64.8 Å². The van der Waals surface area contributed by atoms with Crippen LogP contribution in [-0.2, 0) is 0 Å². The molecule has 166 valence electrons. The Balaban J connectivity index is 2.17. The maximum Gasteiger partial charge on any atom is 0.420 e. The van der Waals surface area contributed by atoms with Gasteiger partial charge in [-0.2, -0.15) is 24.9 Å². The quantitative estimate of drug-likeness (QED) is 0.389. The molecule has 2 aromatic carbocycles. The van der Waals surface area contributed by atoms with Crippen molar-refractivity contribution < 1.29 is 23.4 Å². The lowest BCUT2D eigenvalue weighted by atomic mass is 9.88. The van der Waals surface area contributed by atoms with Crippen molar-refractivity contribution in [3.63, 3.8) is 0 Å². The predicted molar refractivity (Wildman–Crippen MR) is 120 cm³/mol. The number of thioether (sulfide) groups is 1. The monoisotopic (exact) mass is 470 g/mol. The highest BCUT2D eigenvalue weighted by molar-refractivity contribution is 7.99. The zero-order valence-electron chi connectivity index (χ0n) is 16.9. The number of hydrogen-bond acceptors (Lipinski definition) is 5. The first kappa shape index (κ1) is 23.5. The number of anilines is 1. The summed E-state index contributed by atoms with van der Waals surface area (Å²) in [6, 6.07) is 10.8. The van der Waals surface area contributed by atoms with E-state index in [0.717, 1.165) is 17.5 Å². The Bertz CT molecular complexity index is 1080. The third-order valence-electron chi connectivity index (χ3n) is 4.97. The lowest BCUT2D eigenvalue weighted by Crippen LogP contribution is -2.54. The molecule has 3 N–H and O–H groups in total. The fourth-order valence-electron chi connectivity index (χ4n) is 3.31. The Labute approximate surface area is 187 Å². The normalized spacial score (nSPS) is 14.9. The van der Waals surface area contributed by atoms with Gasteiger partial charge in [-0.3, -0.25) is 4.98 Å². The van der Waals surface area contributed by atoms with Crippen LogP contribution >= 0.6 is 23.4 Å². The number of nitrogens with zero attached hydrogens (tertiary/aromatic N) is 1. The van der Waals surface area contributed by atoms with Gasteiger partial charge < -0.3 is 15.5 Å². The summed E-state index contributed by atoms with van der Waals surface area (Å²) in [5.41, 5.74) is -1.22. The second-order valence-electron chi connectivity index (χ2n) is 7.17. The Hall–Kier alpha value is -2.16. The van der Waals surface area contributed by atoms with Gasteiger partial charge in [0.15, 0.2) is 5.60 Å². The van der Waals surface area contributed by atoms with Gasteiger partial charge >= 0.3 is 6.18 Å². The molecule has 0 aliphatic heterocycles. The Morgan fingerprint density at radius 3 is 2.55 bits per heavy atom. The molecule has 3 aromatic rings. The topological polar surface area (TPSA) is 65.4 Å². The van der Waals surface area contributed by atoms with Gasteiger partial charge in [-0.25, -0.2) is 0 Å². The molecule has 0 radical (unpaired) electrons. The van der Waals surface area contributed by atoms with E-state index < -0.39 is 23.6 Å². The number of fused-ring (bicyclic) bond motifs is 1. The minimum Gasteiger partial charge on any atom is -0.506 e. The summed E-state index contributed by atoms with van der Waals surface area (Å²) in [6.07, 6.45) is -4.93. The molecule has 1 aromatic heterocycles. The number of aromatic nitrogens is 1. The zero-order chi connectivity index (χ0) is 22.8. The van der Waals surface area contributed by atoms with Crippen molar-refractivity contribution in [3.8, 4) is 5.75 Å². The highest BCUT2D eigenvalue weighted by Crippen LogP contribution is 2.45. The van der Waals surface area contributed by atoms with E-state index in [0.29, 0.717) is 22.3 Å². The molecule has 0 spiro atoms. The molecule has 0 amide bonds. The Morgan fingerprint density at radius 2 is 1.90 bits per heavy atom. The third-order valence-corrected chi connectivity index (χ3v) is 6.33. The van der Waals surface area contributed by atoms with Crippen LogP contribution in [-0.4, -0.2) is 38.5 Å². The fourth-order valence-corrected chi connectivity index (χ4v) is 4.34. The summed E-state index contributed by atoms with van der Waals surface area (Å²) >= 11 is 6.97. The van der Waals surface area contributed by atoms with Crippen molar-refractivity contribution in [1.29, 1.82) is 0 Å². The number of aromatic hydroxyl groups is 1. The number of benzene rings is 2. The van der Waals surface area contributed by atoms with Crippen molar-refractivity contribution in [2.45, 2.75) is 31.7 Å². The van der Waals surface area contributed by atoms with Crippen molar-refractivity contribution in [2.24, 2.45) is 0 Å². The van der Waals surface area contributed by atoms with Crippen molar-refractivity contribution in [2.75, 3.05) is 16.8 Å². The molecule has 0 saturated heterocycles. The molecule has 31 heavy (non-hydrogen) atoms. The van der Waals surface area contributed by atoms with Gasteiger partial charge in [0.1, 0.15) is 5.75 Å². The van der Waals surface area contributed by atoms with E-state index in [2.05, 4.69) is 10.3 Å². The minimum absolute atomic E-state index is 0.0939. The fraction of sp³-hybridized carbons (Fsp3) is 0.318. The summed E-state index contributed by atoms with van der Waals surface area (Å²) in [6.45, 7) is 3.55. The lowest BCUT2D eigenvalue weighted by Gasteiger charge is -2.39. The summed E-state index contributed by atoms with van der Waals surface area (Å²) in [5.74, 6) is -0.433. The van der Waals surface area contributed by atoms with Crippen LogP contribution in [0.15, 0.2) is 48.5 Å². The number of nitrogens with one attached hydrogen (secondary N) is 1. The van der Waals surface area contributed by atoms with Crippen LogP contribution in [0.5, 0.6) is 5.75 Å². The van der Waals surface area contributed by atoms with Crippen molar-refractivity contribution in [1.82, 2.24) is 4.98 Å². The number of phenolic OH excluding ortho intramolecular Hbond substituents is 1. The molecule has 0 saturated carbocycles. The summed E-state index contributed by atoms with van der Waals surface area (Å²) in [5, 5.41) is 24.2. The van der Waals surface area contributed by atoms with Crippen LogP contribution in [0, 0.1) is 6.92 Å². The number of hydrogen-bond donors (Lipinski definition) is 3. The first-order chi connectivity index (χ1) is 14.6. The average molecular weight is 471 g/mol. The van der Waals surface area contributed by atoms with Gasteiger partial charge in [-0.1, -0.05) is 30.7 Å². The first-order valence-corrected chi connectivity index (χ1v) is 11.1. The van der Waals surface area contributed by atoms with Crippen LogP contribution in [0.25, 0.3) is 10.9 Å². The number of aliphatic hydroxyl groups is 1. The molecule has 0 aliphatic carbocycles. The van der Waals surface area contributed by atoms with Gasteiger partial charge in [-0.05, 0) is 54.6 Å². The Morgan fingerprint density at radius 1 is 1.16 bits per heavy atom. The van der Waals surface area contributed by atoms with Crippen molar-refractivity contribution >= 4 is 40.0 Å². The summed E-state index contributed by atoms with van der Waals surface area (Å²) in [4.78, 5) is 4.42. The van der Waals surface area contributed by atoms with Crippen LogP contribution in [0.1, 0.15) is 24.2 Å².